The second-order valence-electron chi connectivity index (χ2n) is 3.12. The maximum absolute atomic E-state index is 10.9. The molecular weight excluding hydrogens is 251 g/mol. The van der Waals surface area contributed by atoms with E-state index in [2.05, 4.69) is 0 Å². The third-order valence-corrected chi connectivity index (χ3v) is 2.23. The van der Waals surface area contributed by atoms with Crippen molar-refractivity contribution < 1.29 is 75.6 Å². The van der Waals surface area contributed by atoms with Crippen LogP contribution in [0.5, 0.6) is 11.5 Å². The number of benzene rings is 1. The molecular formula is C11H11KO5. The summed E-state index contributed by atoms with van der Waals surface area (Å²) in [5.74, 6) is -1.15. The Bertz CT molecular complexity index is 442. The number of carbonyl (C=O) groups is 2. The fourth-order valence-electron chi connectivity index (χ4n) is 1.52. The molecule has 0 saturated heterocycles. The molecule has 0 atom stereocenters. The predicted octanol–water partition coefficient (Wildman–Crippen LogP) is -2.81. The van der Waals surface area contributed by atoms with Gasteiger partial charge in [-0.3, -0.25) is 4.79 Å². The summed E-state index contributed by atoms with van der Waals surface area (Å²) >= 11 is 0. The molecule has 0 amide bonds. The Balaban J connectivity index is 0.00000256. The number of rotatable bonds is 4. The van der Waals surface area contributed by atoms with E-state index in [1.807, 2.05) is 0 Å². The predicted molar refractivity (Wildman–Crippen MR) is 54.0 cm³/mol. The van der Waals surface area contributed by atoms with Gasteiger partial charge in [0.05, 0.1) is 25.8 Å². The molecule has 0 radical (unpaired) electrons. The first-order chi connectivity index (χ1) is 7.56. The van der Waals surface area contributed by atoms with Crippen molar-refractivity contribution in [3.05, 3.63) is 22.8 Å². The maximum Gasteiger partial charge on any atom is 1.00 e. The van der Waals surface area contributed by atoms with E-state index in [-0.39, 0.29) is 74.0 Å². The van der Waals surface area contributed by atoms with Gasteiger partial charge >= 0.3 is 51.4 Å². The Kier molecular flexibility index (Phi) is 6.96. The van der Waals surface area contributed by atoms with Crippen LogP contribution in [0.15, 0.2) is 6.07 Å². The zero-order chi connectivity index (χ0) is 12.3. The van der Waals surface area contributed by atoms with Crippen molar-refractivity contribution in [3.8, 4) is 11.5 Å². The zero-order valence-electron chi connectivity index (χ0n) is 10.2. The maximum atomic E-state index is 10.9. The molecule has 0 heterocycles. The third kappa shape index (κ3) is 3.29. The topological polar surface area (TPSA) is 75.7 Å². The Morgan fingerprint density at radius 1 is 1.35 bits per heavy atom. The summed E-state index contributed by atoms with van der Waals surface area (Å²) in [5, 5.41) is 10.9. The summed E-state index contributed by atoms with van der Waals surface area (Å²) in [6, 6.07) is 1.46. The first-order valence-electron chi connectivity index (χ1n) is 4.48. The molecule has 0 bridgehead atoms. The number of aldehydes is 1. The van der Waals surface area contributed by atoms with Crippen molar-refractivity contribution in [3.63, 3.8) is 0 Å². The summed E-state index contributed by atoms with van der Waals surface area (Å²) in [4.78, 5) is 21.8. The van der Waals surface area contributed by atoms with Crippen molar-refractivity contribution in [2.24, 2.45) is 0 Å². The van der Waals surface area contributed by atoms with Gasteiger partial charge in [0.2, 0.25) is 0 Å². The second-order valence-corrected chi connectivity index (χ2v) is 3.12. The van der Waals surface area contributed by atoms with Crippen molar-refractivity contribution in [1.29, 1.82) is 0 Å². The molecule has 0 unspecified atom stereocenters. The van der Waals surface area contributed by atoms with Crippen LogP contribution in [0.1, 0.15) is 26.3 Å². The number of carboxylic acids is 1. The van der Waals surface area contributed by atoms with Gasteiger partial charge in [-0.05, 0) is 18.6 Å². The largest absolute Gasteiger partial charge is 1.00 e. The van der Waals surface area contributed by atoms with E-state index in [9.17, 15) is 14.7 Å². The van der Waals surface area contributed by atoms with Crippen molar-refractivity contribution in [2.75, 3.05) is 14.2 Å². The van der Waals surface area contributed by atoms with Crippen LogP contribution in [0, 0.1) is 6.92 Å². The first kappa shape index (κ1) is 16.6. The first-order valence-corrected chi connectivity index (χ1v) is 4.48. The Labute approximate surface area is 142 Å². The number of ether oxygens (including phenoxy) is 2. The fourth-order valence-corrected chi connectivity index (χ4v) is 1.52. The minimum Gasteiger partial charge on any atom is -0.545 e. The van der Waals surface area contributed by atoms with Gasteiger partial charge in [-0.1, -0.05) is 0 Å². The van der Waals surface area contributed by atoms with E-state index in [1.165, 1.54) is 20.3 Å². The number of carbonyl (C=O) groups excluding carboxylic acids is 2. The molecule has 17 heavy (non-hydrogen) atoms. The van der Waals surface area contributed by atoms with Gasteiger partial charge < -0.3 is 19.4 Å². The Morgan fingerprint density at radius 2 is 1.94 bits per heavy atom. The fraction of sp³-hybridized carbons (Fsp3) is 0.273. The summed E-state index contributed by atoms with van der Waals surface area (Å²) in [5.41, 5.74) is 0.347. The van der Waals surface area contributed by atoms with Crippen LogP contribution < -0.4 is 66.0 Å². The molecule has 6 heteroatoms. The quantitative estimate of drug-likeness (QED) is 0.432. The van der Waals surface area contributed by atoms with Crippen LogP contribution in [0.3, 0.4) is 0 Å². The monoisotopic (exact) mass is 262 g/mol. The average molecular weight is 262 g/mol. The van der Waals surface area contributed by atoms with Crippen LogP contribution in [-0.2, 0) is 0 Å². The molecule has 1 aromatic carbocycles. The van der Waals surface area contributed by atoms with E-state index < -0.39 is 5.97 Å². The average Bonchev–Trinajstić information content (AvgIpc) is 2.26. The van der Waals surface area contributed by atoms with Crippen LogP contribution >= 0.6 is 0 Å². The summed E-state index contributed by atoms with van der Waals surface area (Å²) in [7, 11) is 2.67. The van der Waals surface area contributed by atoms with Crippen LogP contribution in [0.25, 0.3) is 0 Å². The number of carboxylic acid groups (broad SMARTS) is 1. The van der Waals surface area contributed by atoms with Crippen LogP contribution in [-0.4, -0.2) is 26.5 Å². The number of hydrogen-bond acceptors (Lipinski definition) is 5. The number of methoxy groups -OCH3 is 2. The molecule has 0 saturated carbocycles. The van der Waals surface area contributed by atoms with Gasteiger partial charge in [0, 0.05) is 5.56 Å². The molecule has 1 aromatic rings. The van der Waals surface area contributed by atoms with E-state index in [0.717, 1.165) is 0 Å². The molecule has 0 N–H and O–H groups in total. The van der Waals surface area contributed by atoms with Gasteiger partial charge in [-0.25, -0.2) is 0 Å². The molecule has 0 aliphatic carbocycles. The minimum absolute atomic E-state index is 0. The van der Waals surface area contributed by atoms with E-state index >= 15 is 0 Å². The number of hydrogen-bond donors (Lipinski definition) is 0. The molecule has 86 valence electrons. The van der Waals surface area contributed by atoms with Gasteiger partial charge in [0.25, 0.3) is 0 Å². The van der Waals surface area contributed by atoms with E-state index in [4.69, 9.17) is 9.47 Å². The Hall–Kier alpha value is -0.404. The van der Waals surface area contributed by atoms with E-state index in [1.54, 1.807) is 6.92 Å². The van der Waals surface area contributed by atoms with Crippen molar-refractivity contribution in [2.45, 2.75) is 6.92 Å². The molecule has 5 nitrogen and oxygen atoms in total. The summed E-state index contributed by atoms with van der Waals surface area (Å²) in [6.07, 6.45) is 0.490. The smallest absolute Gasteiger partial charge is 0.545 e. The van der Waals surface area contributed by atoms with Crippen LogP contribution in [0.2, 0.25) is 0 Å². The second kappa shape index (κ2) is 7.12. The third-order valence-electron chi connectivity index (χ3n) is 2.23. The van der Waals surface area contributed by atoms with Gasteiger partial charge in [-0.2, -0.15) is 0 Å². The molecule has 1 rings (SSSR count). The standard InChI is InChI=1S/C11H12O5.K/c1-6-4-8(15-2)7(5-12)10(16-3)9(6)11(13)14;/h4-5H,1-3H3,(H,13,14);/q;+1/p-1. The number of aryl methyl sites for hydroxylation is 1. The van der Waals surface area contributed by atoms with Gasteiger partial charge in [-0.15, -0.1) is 0 Å². The molecule has 0 aliphatic rings. The molecule has 0 fully saturated rings. The summed E-state index contributed by atoms with van der Waals surface area (Å²) in [6.45, 7) is 1.57. The van der Waals surface area contributed by atoms with Gasteiger partial charge in [0.1, 0.15) is 11.5 Å². The van der Waals surface area contributed by atoms with Crippen molar-refractivity contribution in [1.82, 2.24) is 0 Å². The molecule has 0 spiro atoms. The number of aromatic carboxylic acids is 1. The van der Waals surface area contributed by atoms with Crippen molar-refractivity contribution >= 4 is 12.3 Å². The van der Waals surface area contributed by atoms with Gasteiger partial charge in [0.15, 0.2) is 6.29 Å². The minimum atomic E-state index is -1.39. The Morgan fingerprint density at radius 3 is 2.29 bits per heavy atom. The summed E-state index contributed by atoms with van der Waals surface area (Å²) < 4.78 is 9.89. The SMILES string of the molecule is COc1cc(C)c(C(=O)[O-])c(OC)c1C=O.[K+]. The van der Waals surface area contributed by atoms with E-state index in [0.29, 0.717) is 11.8 Å². The normalized spacial score (nSPS) is 9.12. The zero-order valence-corrected chi connectivity index (χ0v) is 13.3. The molecule has 0 aromatic heterocycles. The molecule has 0 aliphatic heterocycles. The van der Waals surface area contributed by atoms with Crippen LogP contribution in [0.4, 0.5) is 0 Å².